The third-order valence-corrected chi connectivity index (χ3v) is 5.39. The first-order valence-corrected chi connectivity index (χ1v) is 9.76. The molecule has 1 aliphatic rings. The summed E-state index contributed by atoms with van der Waals surface area (Å²) in [7, 11) is -3.70. The predicted molar refractivity (Wildman–Crippen MR) is 99.4 cm³/mol. The Morgan fingerprint density at radius 1 is 1.08 bits per heavy atom. The summed E-state index contributed by atoms with van der Waals surface area (Å²) in [6.45, 7) is 3.02. The van der Waals surface area contributed by atoms with E-state index in [4.69, 9.17) is 0 Å². The molecule has 3 rings (SSSR count). The van der Waals surface area contributed by atoms with Gasteiger partial charge in [-0.05, 0) is 54.4 Å². The molecule has 7 heteroatoms. The van der Waals surface area contributed by atoms with Crippen molar-refractivity contribution in [3.05, 3.63) is 48.0 Å². The molecule has 0 atom stereocenters. The van der Waals surface area contributed by atoms with Gasteiger partial charge in [0.15, 0.2) is 0 Å². The van der Waals surface area contributed by atoms with E-state index in [-0.39, 0.29) is 17.2 Å². The van der Waals surface area contributed by atoms with E-state index in [1.807, 2.05) is 12.1 Å². The predicted octanol–water partition coefficient (Wildman–Crippen LogP) is 3.19. The highest BCUT2D eigenvalue weighted by molar-refractivity contribution is 7.92. The van der Waals surface area contributed by atoms with E-state index in [1.54, 1.807) is 18.2 Å². The van der Waals surface area contributed by atoms with Crippen LogP contribution in [0.5, 0.6) is 0 Å². The number of hydrogen-bond donors (Lipinski definition) is 3. The Hall–Kier alpha value is -2.54. The van der Waals surface area contributed by atoms with Gasteiger partial charge < -0.3 is 10.6 Å². The molecule has 0 aromatic heterocycles. The summed E-state index contributed by atoms with van der Waals surface area (Å²) < 4.78 is 27.7. The highest BCUT2D eigenvalue weighted by Gasteiger charge is 2.21. The zero-order chi connectivity index (χ0) is 17.9. The number of benzene rings is 2. The fourth-order valence-electron chi connectivity index (χ4n) is 2.65. The van der Waals surface area contributed by atoms with Gasteiger partial charge in [0.1, 0.15) is 0 Å². The van der Waals surface area contributed by atoms with Gasteiger partial charge in [-0.25, -0.2) is 8.42 Å². The smallest absolute Gasteiger partial charge is 0.261 e. The van der Waals surface area contributed by atoms with Gasteiger partial charge in [-0.2, -0.15) is 0 Å². The van der Waals surface area contributed by atoms with E-state index in [9.17, 15) is 13.2 Å². The van der Waals surface area contributed by atoms with Crippen molar-refractivity contribution >= 4 is 33.0 Å². The Balaban J connectivity index is 1.71. The lowest BCUT2D eigenvalue weighted by Gasteiger charge is -2.11. The summed E-state index contributed by atoms with van der Waals surface area (Å²) in [5.41, 5.74) is 2.82. The molecule has 0 saturated carbocycles. The number of carbonyl (C=O) groups is 1. The molecule has 6 nitrogen and oxygen atoms in total. The number of rotatable bonds is 7. The van der Waals surface area contributed by atoms with Gasteiger partial charge in [-0.1, -0.05) is 13.3 Å². The SMILES string of the molecule is CCCCNc1ccc(NS(=O)(=O)c2ccc3c(c2)CC(=O)N3)cc1. The number of hydrogen-bond acceptors (Lipinski definition) is 4. The molecule has 0 aliphatic carbocycles. The van der Waals surface area contributed by atoms with Crippen LogP contribution in [0.2, 0.25) is 0 Å². The number of unbranched alkanes of at least 4 members (excludes halogenated alkanes) is 1. The number of amides is 1. The molecule has 132 valence electrons. The average molecular weight is 359 g/mol. The Kier molecular flexibility index (Phi) is 4.94. The Labute approximate surface area is 147 Å². The van der Waals surface area contributed by atoms with Crippen LogP contribution in [0.1, 0.15) is 25.3 Å². The second-order valence-electron chi connectivity index (χ2n) is 6.01. The zero-order valence-electron chi connectivity index (χ0n) is 14.0. The van der Waals surface area contributed by atoms with Gasteiger partial charge in [-0.3, -0.25) is 9.52 Å². The van der Waals surface area contributed by atoms with Crippen LogP contribution in [0, 0.1) is 0 Å². The summed E-state index contributed by atoms with van der Waals surface area (Å²) in [4.78, 5) is 11.5. The number of sulfonamides is 1. The van der Waals surface area contributed by atoms with E-state index in [0.29, 0.717) is 16.9 Å². The first-order chi connectivity index (χ1) is 12.0. The van der Waals surface area contributed by atoms with Crippen LogP contribution in [0.4, 0.5) is 17.1 Å². The summed E-state index contributed by atoms with van der Waals surface area (Å²) in [5.74, 6) is -0.122. The van der Waals surface area contributed by atoms with E-state index in [2.05, 4.69) is 22.3 Å². The molecule has 3 N–H and O–H groups in total. The molecule has 0 saturated heterocycles. The second kappa shape index (κ2) is 7.14. The number of nitrogens with one attached hydrogen (secondary N) is 3. The summed E-state index contributed by atoms with van der Waals surface area (Å²) in [5, 5.41) is 5.98. The summed E-state index contributed by atoms with van der Waals surface area (Å²) >= 11 is 0. The lowest BCUT2D eigenvalue weighted by molar-refractivity contribution is -0.115. The topological polar surface area (TPSA) is 87.3 Å². The van der Waals surface area contributed by atoms with Gasteiger partial charge in [0.25, 0.3) is 10.0 Å². The van der Waals surface area contributed by atoms with Crippen molar-refractivity contribution in [2.45, 2.75) is 31.1 Å². The Morgan fingerprint density at radius 3 is 2.52 bits per heavy atom. The standard InChI is InChI=1S/C18H21N3O3S/c1-2-3-10-19-14-4-6-15(7-5-14)21-25(23,24)16-8-9-17-13(11-16)12-18(22)20-17/h4-9,11,19,21H,2-3,10,12H2,1H3,(H,20,22). The van der Waals surface area contributed by atoms with Crippen LogP contribution in [0.15, 0.2) is 47.4 Å². The molecule has 0 spiro atoms. The zero-order valence-corrected chi connectivity index (χ0v) is 14.8. The largest absolute Gasteiger partial charge is 0.385 e. The molecule has 1 amide bonds. The molecule has 0 unspecified atom stereocenters. The van der Waals surface area contributed by atoms with Crippen LogP contribution >= 0.6 is 0 Å². The van der Waals surface area contributed by atoms with Crippen LogP contribution in [0.3, 0.4) is 0 Å². The fraction of sp³-hybridized carbons (Fsp3) is 0.278. The maximum atomic E-state index is 12.5. The minimum Gasteiger partial charge on any atom is -0.385 e. The van der Waals surface area contributed by atoms with E-state index in [0.717, 1.165) is 25.1 Å². The minimum atomic E-state index is -3.70. The first kappa shape index (κ1) is 17.3. The van der Waals surface area contributed by atoms with E-state index < -0.39 is 10.0 Å². The highest BCUT2D eigenvalue weighted by Crippen LogP contribution is 2.27. The third kappa shape index (κ3) is 4.11. The lowest BCUT2D eigenvalue weighted by Crippen LogP contribution is -2.13. The van der Waals surface area contributed by atoms with Crippen molar-refractivity contribution in [1.29, 1.82) is 0 Å². The number of anilines is 3. The van der Waals surface area contributed by atoms with Gasteiger partial charge in [0.05, 0.1) is 11.3 Å². The highest BCUT2D eigenvalue weighted by atomic mass is 32.2. The van der Waals surface area contributed by atoms with Crippen molar-refractivity contribution in [2.75, 3.05) is 21.9 Å². The molecule has 2 aromatic carbocycles. The van der Waals surface area contributed by atoms with Crippen molar-refractivity contribution in [3.8, 4) is 0 Å². The third-order valence-electron chi connectivity index (χ3n) is 4.01. The molecule has 1 aliphatic heterocycles. The molecule has 25 heavy (non-hydrogen) atoms. The molecule has 2 aromatic rings. The van der Waals surface area contributed by atoms with Crippen LogP contribution in [-0.2, 0) is 21.2 Å². The number of carbonyl (C=O) groups excluding carboxylic acids is 1. The molecular weight excluding hydrogens is 338 g/mol. The van der Waals surface area contributed by atoms with Gasteiger partial charge >= 0.3 is 0 Å². The summed E-state index contributed by atoms with van der Waals surface area (Å²) in [6.07, 6.45) is 2.41. The van der Waals surface area contributed by atoms with Crippen molar-refractivity contribution < 1.29 is 13.2 Å². The first-order valence-electron chi connectivity index (χ1n) is 8.27. The van der Waals surface area contributed by atoms with Crippen LogP contribution in [0.25, 0.3) is 0 Å². The lowest BCUT2D eigenvalue weighted by atomic mass is 10.2. The summed E-state index contributed by atoms with van der Waals surface area (Å²) in [6, 6.07) is 11.8. The minimum absolute atomic E-state index is 0.122. The van der Waals surface area contributed by atoms with E-state index >= 15 is 0 Å². The van der Waals surface area contributed by atoms with Gasteiger partial charge in [0, 0.05) is 23.6 Å². The second-order valence-corrected chi connectivity index (χ2v) is 7.69. The molecule has 0 bridgehead atoms. The molecule has 1 heterocycles. The quantitative estimate of drug-likeness (QED) is 0.663. The van der Waals surface area contributed by atoms with Gasteiger partial charge in [0.2, 0.25) is 5.91 Å². The van der Waals surface area contributed by atoms with E-state index in [1.165, 1.54) is 12.1 Å². The fourth-order valence-corrected chi connectivity index (χ4v) is 3.76. The Bertz CT molecular complexity index is 877. The van der Waals surface area contributed by atoms with Crippen molar-refractivity contribution in [3.63, 3.8) is 0 Å². The Morgan fingerprint density at radius 2 is 1.80 bits per heavy atom. The molecular formula is C18H21N3O3S. The maximum absolute atomic E-state index is 12.5. The normalized spacial score (nSPS) is 13.2. The molecule has 0 radical (unpaired) electrons. The number of fused-ring (bicyclic) bond motifs is 1. The van der Waals surface area contributed by atoms with Crippen LogP contribution < -0.4 is 15.4 Å². The average Bonchev–Trinajstić information content (AvgIpc) is 2.95. The monoisotopic (exact) mass is 359 g/mol. The maximum Gasteiger partial charge on any atom is 0.261 e. The van der Waals surface area contributed by atoms with Crippen LogP contribution in [-0.4, -0.2) is 20.9 Å². The van der Waals surface area contributed by atoms with Gasteiger partial charge in [-0.15, -0.1) is 0 Å². The van der Waals surface area contributed by atoms with Crippen molar-refractivity contribution in [2.24, 2.45) is 0 Å². The van der Waals surface area contributed by atoms with Crippen molar-refractivity contribution in [1.82, 2.24) is 0 Å². The molecule has 0 fully saturated rings.